The number of thiophene rings is 1. The van der Waals surface area contributed by atoms with Crippen molar-refractivity contribution in [2.24, 2.45) is 0 Å². The van der Waals surface area contributed by atoms with Gasteiger partial charge < -0.3 is 0 Å². The highest BCUT2D eigenvalue weighted by Crippen LogP contribution is 2.33. The molecule has 14 heavy (non-hydrogen) atoms. The van der Waals surface area contributed by atoms with Gasteiger partial charge in [-0.2, -0.15) is 0 Å². The van der Waals surface area contributed by atoms with Gasteiger partial charge in [0.1, 0.15) is 0 Å². The molecule has 0 amide bonds. The van der Waals surface area contributed by atoms with Crippen LogP contribution in [-0.4, -0.2) is 0 Å². The Morgan fingerprint density at radius 2 is 2.07 bits per heavy atom. The van der Waals surface area contributed by atoms with E-state index in [2.05, 4.69) is 63.6 Å². The van der Waals surface area contributed by atoms with Gasteiger partial charge in [-0.05, 0) is 51.6 Å². The molecule has 74 valence electrons. The van der Waals surface area contributed by atoms with Crippen LogP contribution in [0.3, 0.4) is 0 Å². The SMILES string of the molecule is CCc1ccc(CBr)c2cc(I)sc12. The Bertz CT molecular complexity index is 421. The van der Waals surface area contributed by atoms with E-state index in [1.54, 1.807) is 0 Å². The Balaban J connectivity index is 2.77. The monoisotopic (exact) mass is 380 g/mol. The molecule has 0 fully saturated rings. The first-order chi connectivity index (χ1) is 6.76. The Morgan fingerprint density at radius 1 is 1.36 bits per heavy atom. The lowest BCUT2D eigenvalue weighted by atomic mass is 10.1. The first kappa shape index (κ1) is 10.9. The number of benzene rings is 1. The molecule has 3 heteroatoms. The van der Waals surface area contributed by atoms with Gasteiger partial charge in [0.15, 0.2) is 0 Å². The van der Waals surface area contributed by atoms with E-state index in [0.717, 1.165) is 11.8 Å². The van der Waals surface area contributed by atoms with Crippen LogP contribution >= 0.6 is 49.9 Å². The largest absolute Gasteiger partial charge is 0.129 e. The molecule has 0 radical (unpaired) electrons. The van der Waals surface area contributed by atoms with E-state index in [1.807, 2.05) is 11.3 Å². The Kier molecular flexibility index (Phi) is 3.50. The zero-order valence-corrected chi connectivity index (χ0v) is 12.4. The van der Waals surface area contributed by atoms with E-state index in [1.165, 1.54) is 24.1 Å². The van der Waals surface area contributed by atoms with Gasteiger partial charge in [0.25, 0.3) is 0 Å². The van der Waals surface area contributed by atoms with Gasteiger partial charge in [0.2, 0.25) is 0 Å². The molecule has 0 N–H and O–H groups in total. The summed E-state index contributed by atoms with van der Waals surface area (Å²) < 4.78 is 2.84. The summed E-state index contributed by atoms with van der Waals surface area (Å²) in [6.45, 7) is 2.22. The topological polar surface area (TPSA) is 0 Å². The van der Waals surface area contributed by atoms with Gasteiger partial charge >= 0.3 is 0 Å². The number of hydrogen-bond acceptors (Lipinski definition) is 1. The summed E-state index contributed by atoms with van der Waals surface area (Å²) in [5.41, 5.74) is 2.87. The van der Waals surface area contributed by atoms with Crippen LogP contribution in [0.15, 0.2) is 18.2 Å². The predicted molar refractivity (Wildman–Crippen MR) is 76.6 cm³/mol. The van der Waals surface area contributed by atoms with Gasteiger partial charge in [-0.1, -0.05) is 35.0 Å². The number of aryl methyl sites for hydroxylation is 1. The molecule has 1 aromatic heterocycles. The molecule has 1 aromatic carbocycles. The average Bonchev–Trinajstić information content (AvgIpc) is 2.57. The molecular weight excluding hydrogens is 371 g/mol. The highest BCUT2D eigenvalue weighted by molar-refractivity contribution is 14.1. The van der Waals surface area contributed by atoms with E-state index in [4.69, 9.17) is 0 Å². The van der Waals surface area contributed by atoms with Crippen LogP contribution in [0.5, 0.6) is 0 Å². The van der Waals surface area contributed by atoms with E-state index >= 15 is 0 Å². The molecule has 0 bridgehead atoms. The Morgan fingerprint density at radius 3 is 2.71 bits per heavy atom. The molecule has 0 unspecified atom stereocenters. The third-order valence-electron chi connectivity index (χ3n) is 2.35. The minimum absolute atomic E-state index is 0.945. The van der Waals surface area contributed by atoms with Crippen molar-refractivity contribution in [3.63, 3.8) is 0 Å². The number of hydrogen-bond donors (Lipinski definition) is 0. The van der Waals surface area contributed by atoms with Crippen molar-refractivity contribution in [3.05, 3.63) is 32.2 Å². The maximum Gasteiger partial charge on any atom is 0.0666 e. The normalized spacial score (nSPS) is 11.1. The minimum atomic E-state index is 0.945. The van der Waals surface area contributed by atoms with Crippen molar-refractivity contribution in [2.75, 3.05) is 0 Å². The van der Waals surface area contributed by atoms with Crippen LogP contribution in [0.25, 0.3) is 10.1 Å². The fraction of sp³-hybridized carbons (Fsp3) is 0.273. The third-order valence-corrected chi connectivity index (χ3v) is 4.93. The molecule has 0 atom stereocenters. The van der Waals surface area contributed by atoms with E-state index in [0.29, 0.717) is 0 Å². The molecule has 1 heterocycles. The molecule has 0 nitrogen and oxygen atoms in total. The lowest BCUT2D eigenvalue weighted by Crippen LogP contribution is -1.83. The van der Waals surface area contributed by atoms with Crippen molar-refractivity contribution in [1.82, 2.24) is 0 Å². The van der Waals surface area contributed by atoms with Crippen LogP contribution in [0.4, 0.5) is 0 Å². The Labute approximate surface area is 110 Å². The number of fused-ring (bicyclic) bond motifs is 1. The number of rotatable bonds is 2. The summed E-state index contributed by atoms with van der Waals surface area (Å²) in [5.74, 6) is 0. The molecule has 0 spiro atoms. The summed E-state index contributed by atoms with van der Waals surface area (Å²) >= 11 is 7.84. The summed E-state index contributed by atoms with van der Waals surface area (Å²) in [5, 5.41) is 2.37. The summed E-state index contributed by atoms with van der Waals surface area (Å²) in [6.07, 6.45) is 1.12. The van der Waals surface area contributed by atoms with E-state index in [9.17, 15) is 0 Å². The number of halogens is 2. The number of alkyl halides is 1. The fourth-order valence-corrected chi connectivity index (χ4v) is 4.08. The van der Waals surface area contributed by atoms with Gasteiger partial charge in [-0.3, -0.25) is 0 Å². The highest BCUT2D eigenvalue weighted by atomic mass is 127. The minimum Gasteiger partial charge on any atom is -0.129 e. The molecule has 0 aliphatic heterocycles. The summed E-state index contributed by atoms with van der Waals surface area (Å²) in [6, 6.07) is 6.78. The summed E-state index contributed by atoms with van der Waals surface area (Å²) in [7, 11) is 0. The molecule has 0 saturated carbocycles. The second-order valence-electron chi connectivity index (χ2n) is 3.16. The zero-order chi connectivity index (χ0) is 10.1. The van der Waals surface area contributed by atoms with Crippen molar-refractivity contribution >= 4 is 59.9 Å². The smallest absolute Gasteiger partial charge is 0.0666 e. The quantitative estimate of drug-likeness (QED) is 0.510. The van der Waals surface area contributed by atoms with E-state index < -0.39 is 0 Å². The van der Waals surface area contributed by atoms with Crippen LogP contribution in [-0.2, 0) is 11.8 Å². The van der Waals surface area contributed by atoms with Crippen LogP contribution in [0.1, 0.15) is 18.1 Å². The van der Waals surface area contributed by atoms with Crippen molar-refractivity contribution in [2.45, 2.75) is 18.7 Å². The Hall–Kier alpha value is 0.390. The molecule has 0 aliphatic carbocycles. The molecule has 0 aliphatic rings. The summed E-state index contributed by atoms with van der Waals surface area (Å²) in [4.78, 5) is 0. The van der Waals surface area contributed by atoms with Gasteiger partial charge in [-0.25, -0.2) is 0 Å². The average molecular weight is 381 g/mol. The van der Waals surface area contributed by atoms with Crippen molar-refractivity contribution in [3.8, 4) is 0 Å². The maximum atomic E-state index is 3.54. The van der Waals surface area contributed by atoms with Gasteiger partial charge in [-0.15, -0.1) is 11.3 Å². The van der Waals surface area contributed by atoms with Crippen molar-refractivity contribution < 1.29 is 0 Å². The molecule has 2 aromatic rings. The zero-order valence-electron chi connectivity index (χ0n) is 7.81. The van der Waals surface area contributed by atoms with Crippen LogP contribution in [0.2, 0.25) is 0 Å². The first-order valence-electron chi connectivity index (χ1n) is 4.52. The molecule has 2 rings (SSSR count). The van der Waals surface area contributed by atoms with Gasteiger partial charge in [0, 0.05) is 10.0 Å². The van der Waals surface area contributed by atoms with Crippen molar-refractivity contribution in [1.29, 1.82) is 0 Å². The second kappa shape index (κ2) is 4.49. The highest BCUT2D eigenvalue weighted by Gasteiger charge is 2.07. The first-order valence-corrected chi connectivity index (χ1v) is 7.53. The molecule has 0 saturated heterocycles. The van der Waals surface area contributed by atoms with E-state index in [-0.39, 0.29) is 0 Å². The second-order valence-corrected chi connectivity index (χ2v) is 6.67. The third kappa shape index (κ3) is 1.86. The standard InChI is InChI=1S/C11H10BrIS/c1-2-7-3-4-8(6-12)9-5-10(13)14-11(7)9/h3-5H,2,6H2,1H3. The maximum absolute atomic E-state index is 3.54. The lowest BCUT2D eigenvalue weighted by Gasteiger charge is -2.02. The molecular formula is C11H10BrIS. The van der Waals surface area contributed by atoms with Crippen LogP contribution in [0, 0.1) is 2.88 Å². The van der Waals surface area contributed by atoms with Gasteiger partial charge in [0.05, 0.1) is 2.88 Å². The van der Waals surface area contributed by atoms with Crippen LogP contribution < -0.4 is 0 Å². The predicted octanol–water partition coefficient (Wildman–Crippen LogP) is 4.96. The fourth-order valence-electron chi connectivity index (χ4n) is 1.60. The lowest BCUT2D eigenvalue weighted by molar-refractivity contribution is 1.16.